The number of rotatable bonds is 4. The number of benzene rings is 1. The molecule has 1 fully saturated rings. The minimum Gasteiger partial charge on any atom is -0.339 e. The van der Waals surface area contributed by atoms with Crippen molar-refractivity contribution in [1.29, 1.82) is 0 Å². The zero-order valence-corrected chi connectivity index (χ0v) is 12.0. The Morgan fingerprint density at radius 3 is 2.68 bits per heavy atom. The standard InChI is InChI=1S/C16H24N2O/c1-13-8-11-18(12-9-13)16(19)15-6-4-3-5-14(15)7-10-17-2/h3-6,13,17H,7-12H2,1-2H3. The van der Waals surface area contributed by atoms with Crippen LogP contribution in [-0.2, 0) is 6.42 Å². The van der Waals surface area contributed by atoms with Gasteiger partial charge in [-0.15, -0.1) is 0 Å². The van der Waals surface area contributed by atoms with Gasteiger partial charge in [-0.2, -0.15) is 0 Å². The highest BCUT2D eigenvalue weighted by Gasteiger charge is 2.22. The lowest BCUT2D eigenvalue weighted by Gasteiger charge is -2.30. The van der Waals surface area contributed by atoms with Crippen molar-refractivity contribution in [3.63, 3.8) is 0 Å². The molecule has 0 bridgehead atoms. The van der Waals surface area contributed by atoms with Gasteiger partial charge in [0.25, 0.3) is 5.91 Å². The fourth-order valence-corrected chi connectivity index (χ4v) is 2.59. The number of carbonyl (C=O) groups is 1. The summed E-state index contributed by atoms with van der Waals surface area (Å²) >= 11 is 0. The summed E-state index contributed by atoms with van der Waals surface area (Å²) in [6.07, 6.45) is 3.16. The molecule has 0 spiro atoms. The van der Waals surface area contributed by atoms with Crippen LogP contribution in [0.15, 0.2) is 24.3 Å². The number of likely N-dealkylation sites (tertiary alicyclic amines) is 1. The number of hydrogen-bond acceptors (Lipinski definition) is 2. The third-order valence-corrected chi connectivity index (χ3v) is 3.96. The fourth-order valence-electron chi connectivity index (χ4n) is 2.59. The second-order valence-corrected chi connectivity index (χ2v) is 5.49. The van der Waals surface area contributed by atoms with Gasteiger partial charge in [0.2, 0.25) is 0 Å². The lowest BCUT2D eigenvalue weighted by atomic mass is 9.97. The molecule has 1 aromatic carbocycles. The van der Waals surface area contributed by atoms with Crippen LogP contribution in [-0.4, -0.2) is 37.5 Å². The summed E-state index contributed by atoms with van der Waals surface area (Å²) in [5.74, 6) is 0.960. The molecule has 1 aliphatic heterocycles. The van der Waals surface area contributed by atoms with Crippen LogP contribution in [0.2, 0.25) is 0 Å². The maximum absolute atomic E-state index is 12.6. The Hall–Kier alpha value is -1.35. The Bertz CT molecular complexity index is 423. The van der Waals surface area contributed by atoms with Crippen molar-refractivity contribution in [1.82, 2.24) is 10.2 Å². The van der Waals surface area contributed by atoms with Crippen molar-refractivity contribution in [2.75, 3.05) is 26.7 Å². The molecule has 0 aliphatic carbocycles. The number of likely N-dealkylation sites (N-methyl/N-ethyl adjacent to an activating group) is 1. The van der Waals surface area contributed by atoms with Crippen LogP contribution in [0.4, 0.5) is 0 Å². The van der Waals surface area contributed by atoms with Gasteiger partial charge in [-0.25, -0.2) is 0 Å². The Labute approximate surface area is 116 Å². The van der Waals surface area contributed by atoms with E-state index in [0.29, 0.717) is 0 Å². The van der Waals surface area contributed by atoms with Crippen molar-refractivity contribution in [3.05, 3.63) is 35.4 Å². The molecule has 19 heavy (non-hydrogen) atoms. The molecule has 0 unspecified atom stereocenters. The molecule has 1 saturated heterocycles. The number of nitrogens with zero attached hydrogens (tertiary/aromatic N) is 1. The van der Waals surface area contributed by atoms with Gasteiger partial charge in [-0.05, 0) is 50.4 Å². The summed E-state index contributed by atoms with van der Waals surface area (Å²) in [5.41, 5.74) is 2.03. The van der Waals surface area contributed by atoms with E-state index in [2.05, 4.69) is 18.3 Å². The maximum atomic E-state index is 12.6. The highest BCUT2D eigenvalue weighted by atomic mass is 16.2. The average Bonchev–Trinajstić information content (AvgIpc) is 2.45. The first kappa shape index (κ1) is 14.1. The van der Waals surface area contributed by atoms with Gasteiger partial charge in [-0.3, -0.25) is 4.79 Å². The molecule has 2 rings (SSSR count). The second-order valence-electron chi connectivity index (χ2n) is 5.49. The first-order chi connectivity index (χ1) is 9.22. The summed E-state index contributed by atoms with van der Waals surface area (Å²) in [5, 5.41) is 3.14. The van der Waals surface area contributed by atoms with Gasteiger partial charge in [0.05, 0.1) is 0 Å². The summed E-state index contributed by atoms with van der Waals surface area (Å²) in [4.78, 5) is 14.6. The molecular formula is C16H24N2O. The molecule has 3 heteroatoms. The number of amides is 1. The maximum Gasteiger partial charge on any atom is 0.254 e. The predicted octanol–water partition coefficient (Wildman–Crippen LogP) is 2.32. The van der Waals surface area contributed by atoms with E-state index in [1.165, 1.54) is 0 Å². The van der Waals surface area contributed by atoms with Crippen molar-refractivity contribution >= 4 is 5.91 Å². The molecule has 1 N–H and O–H groups in total. The monoisotopic (exact) mass is 260 g/mol. The molecular weight excluding hydrogens is 236 g/mol. The summed E-state index contributed by atoms with van der Waals surface area (Å²) < 4.78 is 0. The Morgan fingerprint density at radius 2 is 2.00 bits per heavy atom. The predicted molar refractivity (Wildman–Crippen MR) is 78.4 cm³/mol. The largest absolute Gasteiger partial charge is 0.339 e. The van der Waals surface area contributed by atoms with Crippen LogP contribution in [0.1, 0.15) is 35.7 Å². The van der Waals surface area contributed by atoms with Gasteiger partial charge in [-0.1, -0.05) is 25.1 Å². The van der Waals surface area contributed by atoms with E-state index in [1.807, 2.05) is 30.1 Å². The molecule has 1 amide bonds. The van der Waals surface area contributed by atoms with E-state index < -0.39 is 0 Å². The molecule has 1 heterocycles. The Morgan fingerprint density at radius 1 is 1.32 bits per heavy atom. The van der Waals surface area contributed by atoms with Crippen LogP contribution < -0.4 is 5.32 Å². The minimum atomic E-state index is 0.207. The molecule has 104 valence electrons. The van der Waals surface area contributed by atoms with Crippen LogP contribution in [0, 0.1) is 5.92 Å². The molecule has 1 aromatic rings. The van der Waals surface area contributed by atoms with Crippen LogP contribution in [0.3, 0.4) is 0 Å². The Kier molecular flexibility index (Phi) is 4.97. The van der Waals surface area contributed by atoms with Gasteiger partial charge >= 0.3 is 0 Å². The van der Waals surface area contributed by atoms with Crippen LogP contribution in [0.25, 0.3) is 0 Å². The van der Waals surface area contributed by atoms with E-state index >= 15 is 0 Å². The highest BCUT2D eigenvalue weighted by Crippen LogP contribution is 2.19. The molecule has 0 atom stereocenters. The van der Waals surface area contributed by atoms with Gasteiger partial charge in [0.15, 0.2) is 0 Å². The zero-order valence-electron chi connectivity index (χ0n) is 12.0. The molecule has 1 aliphatic rings. The van der Waals surface area contributed by atoms with E-state index in [-0.39, 0.29) is 5.91 Å². The van der Waals surface area contributed by atoms with E-state index in [4.69, 9.17) is 0 Å². The van der Waals surface area contributed by atoms with Crippen molar-refractivity contribution in [3.8, 4) is 0 Å². The van der Waals surface area contributed by atoms with E-state index in [0.717, 1.165) is 55.9 Å². The summed E-state index contributed by atoms with van der Waals surface area (Å²) in [6.45, 7) is 4.98. The van der Waals surface area contributed by atoms with Crippen LogP contribution >= 0.6 is 0 Å². The molecule has 0 radical (unpaired) electrons. The lowest BCUT2D eigenvalue weighted by Crippen LogP contribution is -2.38. The van der Waals surface area contributed by atoms with Crippen molar-refractivity contribution < 1.29 is 4.79 Å². The van der Waals surface area contributed by atoms with E-state index in [1.54, 1.807) is 0 Å². The quantitative estimate of drug-likeness (QED) is 0.901. The average molecular weight is 260 g/mol. The van der Waals surface area contributed by atoms with Crippen LogP contribution in [0.5, 0.6) is 0 Å². The van der Waals surface area contributed by atoms with E-state index in [9.17, 15) is 4.79 Å². The third kappa shape index (κ3) is 3.57. The molecule has 0 aromatic heterocycles. The first-order valence-electron chi connectivity index (χ1n) is 7.24. The van der Waals surface area contributed by atoms with Gasteiger partial charge in [0, 0.05) is 18.7 Å². The lowest BCUT2D eigenvalue weighted by molar-refractivity contribution is 0.0696. The highest BCUT2D eigenvalue weighted by molar-refractivity contribution is 5.95. The Balaban J connectivity index is 2.09. The normalized spacial score (nSPS) is 16.6. The molecule has 0 saturated carbocycles. The number of nitrogens with one attached hydrogen (secondary N) is 1. The van der Waals surface area contributed by atoms with Gasteiger partial charge < -0.3 is 10.2 Å². The SMILES string of the molecule is CNCCc1ccccc1C(=O)N1CCC(C)CC1. The molecule has 3 nitrogen and oxygen atoms in total. The first-order valence-corrected chi connectivity index (χ1v) is 7.24. The minimum absolute atomic E-state index is 0.207. The zero-order chi connectivity index (χ0) is 13.7. The fraction of sp³-hybridized carbons (Fsp3) is 0.562. The summed E-state index contributed by atoms with van der Waals surface area (Å²) in [6, 6.07) is 8.01. The van der Waals surface area contributed by atoms with Crippen molar-refractivity contribution in [2.24, 2.45) is 5.92 Å². The van der Waals surface area contributed by atoms with Crippen molar-refractivity contribution in [2.45, 2.75) is 26.2 Å². The second kappa shape index (κ2) is 6.71. The van der Waals surface area contributed by atoms with Gasteiger partial charge in [0.1, 0.15) is 0 Å². The summed E-state index contributed by atoms with van der Waals surface area (Å²) in [7, 11) is 1.94. The number of hydrogen-bond donors (Lipinski definition) is 1. The topological polar surface area (TPSA) is 32.3 Å². The third-order valence-electron chi connectivity index (χ3n) is 3.96. The smallest absolute Gasteiger partial charge is 0.254 e. The number of carbonyl (C=O) groups excluding carboxylic acids is 1. The number of piperidine rings is 1.